The molecule has 0 bridgehead atoms. The molecule has 1 unspecified atom stereocenters. The Morgan fingerprint density at radius 2 is 1.43 bits per heavy atom. The van der Waals surface area contributed by atoms with Crippen molar-refractivity contribution in [2.75, 3.05) is 19.0 Å². The fraction of sp³-hybridized carbons (Fsp3) is 0.368. The summed E-state index contributed by atoms with van der Waals surface area (Å²) in [4.78, 5) is 24.6. The predicted octanol–water partition coefficient (Wildman–Crippen LogP) is 7.36. The van der Waals surface area contributed by atoms with E-state index in [0.29, 0.717) is 6.42 Å². The summed E-state index contributed by atoms with van der Waals surface area (Å²) in [6.45, 7) is 0.844. The van der Waals surface area contributed by atoms with Gasteiger partial charge in [0.15, 0.2) is 9.84 Å². The first-order valence-electron chi connectivity index (χ1n) is 17.0. The lowest BCUT2D eigenvalue weighted by atomic mass is 9.86. The maximum Gasteiger partial charge on any atom is 0.336 e. The van der Waals surface area contributed by atoms with Crippen LogP contribution in [-0.2, 0) is 45.2 Å². The molecule has 0 aromatic heterocycles. The van der Waals surface area contributed by atoms with E-state index in [1.165, 1.54) is 49.2 Å². The zero-order valence-electron chi connectivity index (χ0n) is 28.3. The maximum atomic E-state index is 15.6. The van der Waals surface area contributed by atoms with Crippen LogP contribution < -0.4 is 5.32 Å². The third kappa shape index (κ3) is 9.09. The van der Waals surface area contributed by atoms with E-state index in [-0.39, 0.29) is 47.2 Å². The Kier molecular flexibility index (Phi) is 12.8. The van der Waals surface area contributed by atoms with Crippen LogP contribution in [0.5, 0.6) is 0 Å². The van der Waals surface area contributed by atoms with Crippen LogP contribution >= 0.6 is 11.6 Å². The van der Waals surface area contributed by atoms with Crippen molar-refractivity contribution >= 4 is 43.2 Å². The normalized spacial score (nSPS) is 17.5. The van der Waals surface area contributed by atoms with E-state index in [4.69, 9.17) is 21.1 Å². The number of halogens is 2. The number of benzene rings is 3. The summed E-state index contributed by atoms with van der Waals surface area (Å²) in [6.07, 6.45) is 8.48. The number of nitrogens with one attached hydrogen (secondary N) is 1. The van der Waals surface area contributed by atoms with Crippen molar-refractivity contribution in [3.05, 3.63) is 117 Å². The van der Waals surface area contributed by atoms with Gasteiger partial charge in [-0.05, 0) is 56.0 Å². The summed E-state index contributed by atoms with van der Waals surface area (Å²) in [5, 5.41) is 2.62. The summed E-state index contributed by atoms with van der Waals surface area (Å²) < 4.78 is 81.4. The second-order valence-corrected chi connectivity index (χ2v) is 16.9. The van der Waals surface area contributed by atoms with E-state index < -0.39 is 63.8 Å². The highest BCUT2D eigenvalue weighted by Crippen LogP contribution is 2.48. The summed E-state index contributed by atoms with van der Waals surface area (Å²) in [6, 6.07) is 19.3. The molecule has 2 heterocycles. The third-order valence-electron chi connectivity index (χ3n) is 8.97. The fourth-order valence-corrected chi connectivity index (χ4v) is 10.8. The average Bonchev–Trinajstić information content (AvgIpc) is 3.15. The quantitative estimate of drug-likeness (QED) is 0.125. The molecule has 2 aliphatic heterocycles. The van der Waals surface area contributed by atoms with Crippen molar-refractivity contribution in [1.82, 2.24) is 5.32 Å². The Morgan fingerprint density at radius 3 is 2.14 bits per heavy atom. The highest BCUT2D eigenvalue weighted by atomic mass is 35.5. The van der Waals surface area contributed by atoms with E-state index in [1.54, 1.807) is 0 Å². The van der Waals surface area contributed by atoms with Crippen molar-refractivity contribution in [3.8, 4) is 0 Å². The highest BCUT2D eigenvalue weighted by molar-refractivity contribution is 7.97. The van der Waals surface area contributed by atoms with Crippen LogP contribution in [0.2, 0.25) is 5.02 Å². The minimum atomic E-state index is -4.64. The molecule has 1 atom stereocenters. The zero-order chi connectivity index (χ0) is 36.6. The van der Waals surface area contributed by atoms with Crippen LogP contribution in [0.1, 0.15) is 75.3 Å². The van der Waals surface area contributed by atoms with Gasteiger partial charge >= 0.3 is 11.9 Å². The van der Waals surface area contributed by atoms with Crippen LogP contribution in [0.15, 0.2) is 104 Å². The molecule has 0 fully saturated rings. The Morgan fingerprint density at radius 1 is 0.804 bits per heavy atom. The van der Waals surface area contributed by atoms with Crippen LogP contribution in [0.25, 0.3) is 0 Å². The molecule has 0 aliphatic carbocycles. The number of allylic oxidation sites excluding steroid dienone is 2. The summed E-state index contributed by atoms with van der Waals surface area (Å²) >= 11 is 6.45. The van der Waals surface area contributed by atoms with E-state index in [9.17, 15) is 26.4 Å². The van der Waals surface area contributed by atoms with E-state index in [0.717, 1.165) is 50.7 Å². The Balaban J connectivity index is 1.18. The predicted molar refractivity (Wildman–Crippen MR) is 192 cm³/mol. The molecule has 13 heteroatoms. The van der Waals surface area contributed by atoms with Crippen molar-refractivity contribution in [1.29, 1.82) is 0 Å². The van der Waals surface area contributed by atoms with Gasteiger partial charge in [-0.2, -0.15) is 0 Å². The number of unbranched alkanes of at least 4 members (excludes halogenated alkanes) is 6. The number of ether oxygens (including phenoxy) is 2. The van der Waals surface area contributed by atoms with E-state index >= 15 is 4.39 Å². The van der Waals surface area contributed by atoms with Gasteiger partial charge in [0, 0.05) is 28.4 Å². The van der Waals surface area contributed by atoms with Crippen molar-refractivity contribution < 1.29 is 40.3 Å². The largest absolute Gasteiger partial charge is 0.462 e. The number of hydrogen-bond acceptors (Lipinski definition) is 9. The monoisotopic (exact) mass is 757 g/mol. The third-order valence-corrected chi connectivity index (χ3v) is 13.1. The summed E-state index contributed by atoms with van der Waals surface area (Å²) in [5.41, 5.74) is 0.605. The lowest BCUT2D eigenvalue weighted by Crippen LogP contribution is -2.34. The SMILES string of the molecule is CC1=C(C(=O)OCCOC(=O)CCCCCCCCCc2ccccc2)C(c2c(F)cccc2Cl)C2=C(CS(=O)(=O)c3ccccc3S2(=O)=O)N1. The molecule has 51 heavy (non-hydrogen) atoms. The molecule has 3 aromatic rings. The molecule has 0 amide bonds. The van der Waals surface area contributed by atoms with Crippen LogP contribution in [0.4, 0.5) is 4.39 Å². The number of rotatable bonds is 15. The van der Waals surface area contributed by atoms with Crippen LogP contribution in [-0.4, -0.2) is 47.7 Å². The zero-order valence-corrected chi connectivity index (χ0v) is 30.7. The Labute approximate surface area is 303 Å². The topological polar surface area (TPSA) is 133 Å². The molecule has 3 aromatic carbocycles. The lowest BCUT2D eigenvalue weighted by Gasteiger charge is -2.31. The Bertz CT molecular complexity index is 2030. The number of dihydropyridines is 1. The first-order chi connectivity index (χ1) is 24.4. The first-order valence-corrected chi connectivity index (χ1v) is 20.5. The van der Waals surface area contributed by atoms with E-state index in [2.05, 4.69) is 29.6 Å². The number of esters is 2. The van der Waals surface area contributed by atoms with Crippen LogP contribution in [0.3, 0.4) is 0 Å². The van der Waals surface area contributed by atoms with Gasteiger partial charge in [-0.25, -0.2) is 26.0 Å². The second-order valence-electron chi connectivity index (χ2n) is 12.6. The molecule has 1 N–H and O–H groups in total. The number of carbonyl (C=O) groups excluding carboxylic acids is 2. The van der Waals surface area contributed by atoms with Gasteiger partial charge in [-0.1, -0.05) is 92.2 Å². The summed E-state index contributed by atoms with van der Waals surface area (Å²) in [5.74, 6) is -4.72. The molecule has 2 aliphatic rings. The van der Waals surface area contributed by atoms with Gasteiger partial charge in [0.1, 0.15) is 19.0 Å². The fourth-order valence-electron chi connectivity index (χ4n) is 6.52. The van der Waals surface area contributed by atoms with Crippen molar-refractivity contribution in [2.24, 2.45) is 0 Å². The van der Waals surface area contributed by atoms with Gasteiger partial charge in [0.2, 0.25) is 9.84 Å². The average molecular weight is 758 g/mol. The molecular weight excluding hydrogens is 717 g/mol. The highest BCUT2D eigenvalue weighted by Gasteiger charge is 2.47. The van der Waals surface area contributed by atoms with Gasteiger partial charge < -0.3 is 14.8 Å². The maximum absolute atomic E-state index is 15.6. The lowest BCUT2D eigenvalue weighted by molar-refractivity contribution is -0.150. The molecular formula is C38H41ClFNO8S2. The van der Waals surface area contributed by atoms with E-state index in [1.807, 2.05) is 6.07 Å². The number of sulfone groups is 2. The van der Waals surface area contributed by atoms with Gasteiger partial charge in [-0.15, -0.1) is 0 Å². The number of carbonyl (C=O) groups is 2. The number of fused-ring (bicyclic) bond motifs is 1. The number of hydrogen-bond donors (Lipinski definition) is 1. The molecule has 9 nitrogen and oxygen atoms in total. The standard InChI is InChI=1S/C38H41ClFNO8S2/c1-26-34(38(43)49-24-23-48-33(42)22-11-6-4-2-3-5-8-15-27-16-9-7-10-17-27)36(35-28(39)18-14-19-29(35)40)37-30(41-26)25-50(44,45)31-20-12-13-21-32(31)51(37,46)47/h7,9-10,12-14,16-21,36,41H,2-6,8,11,15,22-25H2,1H3. The van der Waals surface area contributed by atoms with Gasteiger partial charge in [0.25, 0.3) is 0 Å². The molecule has 0 saturated heterocycles. The minimum absolute atomic E-state index is 0.0626. The number of aryl methyl sites for hydroxylation is 1. The van der Waals surface area contributed by atoms with Crippen LogP contribution in [0, 0.1) is 5.82 Å². The summed E-state index contributed by atoms with van der Waals surface area (Å²) in [7, 11) is -8.81. The van der Waals surface area contributed by atoms with Gasteiger partial charge in [-0.3, -0.25) is 4.79 Å². The second kappa shape index (κ2) is 17.0. The van der Waals surface area contributed by atoms with Gasteiger partial charge in [0.05, 0.1) is 31.9 Å². The molecule has 0 saturated carbocycles. The minimum Gasteiger partial charge on any atom is -0.462 e. The van der Waals surface area contributed by atoms with Crippen molar-refractivity contribution in [3.63, 3.8) is 0 Å². The first kappa shape index (κ1) is 38.2. The molecule has 0 spiro atoms. The molecule has 272 valence electrons. The smallest absolute Gasteiger partial charge is 0.336 e. The van der Waals surface area contributed by atoms with Crippen molar-refractivity contribution in [2.45, 2.75) is 80.4 Å². The Hall–Kier alpha value is -4.00. The molecule has 5 rings (SSSR count). The molecule has 0 radical (unpaired) electrons.